The van der Waals surface area contributed by atoms with E-state index in [4.69, 9.17) is 14.5 Å². The van der Waals surface area contributed by atoms with E-state index < -0.39 is 12.0 Å². The van der Waals surface area contributed by atoms with Gasteiger partial charge in [0, 0.05) is 11.1 Å². The zero-order chi connectivity index (χ0) is 30.1. The van der Waals surface area contributed by atoms with Gasteiger partial charge in [-0.2, -0.15) is 0 Å². The van der Waals surface area contributed by atoms with Crippen molar-refractivity contribution in [2.75, 3.05) is 13.7 Å². The standard InChI is InChI=1S/C36H32N2O4S/c1-5-42-35(40)31-32(25-12-7-6-8-13-25)37-36-38(33(31)26-17-15-23(16-18-26)22(2)3)34(39)30(43-36)21-28-27-14-10-9-11-24(27)19-20-29(28)41-4/h6-22,33H,5H2,1-4H3/b30-21+/t33-/m0/s1. The summed E-state index contributed by atoms with van der Waals surface area (Å²) in [5.74, 6) is 0.516. The van der Waals surface area contributed by atoms with Gasteiger partial charge in [-0.1, -0.05) is 110 Å². The first kappa shape index (κ1) is 28.4. The van der Waals surface area contributed by atoms with Gasteiger partial charge < -0.3 is 9.47 Å². The second-order valence-electron chi connectivity index (χ2n) is 10.7. The van der Waals surface area contributed by atoms with Gasteiger partial charge in [-0.15, -0.1) is 0 Å². The smallest absolute Gasteiger partial charge is 0.338 e. The van der Waals surface area contributed by atoms with Gasteiger partial charge in [-0.3, -0.25) is 9.36 Å². The Bertz CT molecular complexity index is 2040. The lowest BCUT2D eigenvalue weighted by Gasteiger charge is -2.26. The van der Waals surface area contributed by atoms with Crippen molar-refractivity contribution in [3.8, 4) is 5.75 Å². The summed E-state index contributed by atoms with van der Waals surface area (Å²) in [7, 11) is 1.63. The van der Waals surface area contributed by atoms with Crippen LogP contribution in [-0.2, 0) is 9.53 Å². The SMILES string of the molecule is CCOC(=O)C1=C(c2ccccc2)N=c2s/c(=C/c3c(OC)ccc4ccccc34)c(=O)n2[C@H]1c1ccc(C(C)C)cc1. The largest absolute Gasteiger partial charge is 0.496 e. The van der Waals surface area contributed by atoms with E-state index in [1.54, 1.807) is 18.6 Å². The molecule has 216 valence electrons. The van der Waals surface area contributed by atoms with Crippen LogP contribution in [0.5, 0.6) is 5.75 Å². The molecule has 43 heavy (non-hydrogen) atoms. The third kappa shape index (κ3) is 5.21. The van der Waals surface area contributed by atoms with Gasteiger partial charge in [0.15, 0.2) is 4.80 Å². The Labute approximate surface area is 253 Å². The van der Waals surface area contributed by atoms with Gasteiger partial charge in [-0.05, 0) is 46.9 Å². The van der Waals surface area contributed by atoms with Gasteiger partial charge in [0.25, 0.3) is 5.56 Å². The van der Waals surface area contributed by atoms with Crippen LogP contribution in [0, 0.1) is 0 Å². The molecule has 6 rings (SSSR count). The van der Waals surface area contributed by atoms with E-state index in [-0.39, 0.29) is 12.2 Å². The molecule has 6 nitrogen and oxygen atoms in total. The molecule has 4 aromatic carbocycles. The molecule has 0 fully saturated rings. The van der Waals surface area contributed by atoms with Crippen LogP contribution in [0.2, 0.25) is 0 Å². The summed E-state index contributed by atoms with van der Waals surface area (Å²) in [6, 6.07) is 28.9. The highest BCUT2D eigenvalue weighted by molar-refractivity contribution is 7.07. The average Bonchev–Trinajstić information content (AvgIpc) is 3.35. The number of fused-ring (bicyclic) bond motifs is 2. The zero-order valence-electron chi connectivity index (χ0n) is 24.5. The molecule has 1 aliphatic heterocycles. The topological polar surface area (TPSA) is 69.9 Å². The van der Waals surface area contributed by atoms with Crippen molar-refractivity contribution < 1.29 is 14.3 Å². The van der Waals surface area contributed by atoms with E-state index in [2.05, 4.69) is 26.0 Å². The Morgan fingerprint density at radius 3 is 2.40 bits per heavy atom. The molecule has 1 aromatic heterocycles. The molecule has 0 N–H and O–H groups in total. The Morgan fingerprint density at radius 1 is 0.977 bits per heavy atom. The van der Waals surface area contributed by atoms with E-state index in [1.165, 1.54) is 16.9 Å². The van der Waals surface area contributed by atoms with Gasteiger partial charge in [-0.25, -0.2) is 9.79 Å². The maximum Gasteiger partial charge on any atom is 0.338 e. The molecule has 7 heteroatoms. The van der Waals surface area contributed by atoms with Crippen LogP contribution in [0.3, 0.4) is 0 Å². The van der Waals surface area contributed by atoms with Crippen molar-refractivity contribution in [3.05, 3.63) is 139 Å². The first-order valence-electron chi connectivity index (χ1n) is 14.3. The molecule has 1 atom stereocenters. The van der Waals surface area contributed by atoms with Crippen LogP contribution in [0.1, 0.15) is 55.0 Å². The number of carbonyl (C=O) groups excluding carboxylic acids is 1. The highest BCUT2D eigenvalue weighted by Crippen LogP contribution is 2.36. The molecular formula is C36H32N2O4S. The number of aromatic nitrogens is 1. The number of thiazole rings is 1. The number of benzene rings is 4. The fourth-order valence-corrected chi connectivity index (χ4v) is 6.54. The first-order chi connectivity index (χ1) is 20.9. The second kappa shape index (κ2) is 11.9. The van der Waals surface area contributed by atoms with Crippen molar-refractivity contribution in [1.82, 2.24) is 4.57 Å². The number of carbonyl (C=O) groups is 1. The van der Waals surface area contributed by atoms with Gasteiger partial charge >= 0.3 is 5.97 Å². The minimum atomic E-state index is -0.719. The van der Waals surface area contributed by atoms with E-state index in [0.29, 0.717) is 32.3 Å². The van der Waals surface area contributed by atoms with Crippen molar-refractivity contribution in [2.24, 2.45) is 4.99 Å². The van der Waals surface area contributed by atoms with Crippen molar-refractivity contribution in [3.63, 3.8) is 0 Å². The zero-order valence-corrected chi connectivity index (χ0v) is 25.4. The lowest BCUT2D eigenvalue weighted by molar-refractivity contribution is -0.138. The Morgan fingerprint density at radius 2 is 1.70 bits per heavy atom. The third-order valence-electron chi connectivity index (χ3n) is 7.72. The highest BCUT2D eigenvalue weighted by Gasteiger charge is 2.35. The number of methoxy groups -OCH3 is 1. The third-order valence-corrected chi connectivity index (χ3v) is 8.70. The molecule has 0 spiro atoms. The van der Waals surface area contributed by atoms with E-state index >= 15 is 0 Å². The summed E-state index contributed by atoms with van der Waals surface area (Å²) in [5.41, 5.74) is 4.19. The number of ether oxygens (including phenoxy) is 2. The van der Waals surface area contributed by atoms with Crippen LogP contribution >= 0.6 is 11.3 Å². The number of esters is 1. The molecule has 2 heterocycles. The Hall–Kier alpha value is -4.75. The lowest BCUT2D eigenvalue weighted by Crippen LogP contribution is -2.40. The van der Waals surface area contributed by atoms with Gasteiger partial charge in [0.2, 0.25) is 0 Å². The molecule has 1 aliphatic rings. The molecule has 0 saturated carbocycles. The van der Waals surface area contributed by atoms with Crippen LogP contribution < -0.4 is 19.6 Å². The van der Waals surface area contributed by atoms with Crippen molar-refractivity contribution in [1.29, 1.82) is 0 Å². The van der Waals surface area contributed by atoms with Crippen LogP contribution in [0.25, 0.3) is 22.5 Å². The molecule has 0 aliphatic carbocycles. The van der Waals surface area contributed by atoms with Crippen LogP contribution in [0.4, 0.5) is 0 Å². The number of nitrogens with zero attached hydrogens (tertiary/aromatic N) is 2. The fourth-order valence-electron chi connectivity index (χ4n) is 5.55. The molecule has 0 unspecified atom stereocenters. The van der Waals surface area contributed by atoms with Gasteiger partial charge in [0.1, 0.15) is 5.75 Å². The number of hydrogen-bond donors (Lipinski definition) is 0. The average molecular weight is 589 g/mol. The lowest BCUT2D eigenvalue weighted by atomic mass is 9.91. The normalized spacial score (nSPS) is 15.0. The summed E-state index contributed by atoms with van der Waals surface area (Å²) in [4.78, 5) is 33.5. The summed E-state index contributed by atoms with van der Waals surface area (Å²) in [6.45, 7) is 6.25. The minimum absolute atomic E-state index is 0.203. The maximum atomic E-state index is 14.3. The number of hydrogen-bond acceptors (Lipinski definition) is 6. The van der Waals surface area contributed by atoms with E-state index in [1.807, 2.05) is 84.9 Å². The van der Waals surface area contributed by atoms with Crippen LogP contribution in [0.15, 0.2) is 106 Å². The summed E-state index contributed by atoms with van der Waals surface area (Å²) >= 11 is 1.30. The molecule has 0 radical (unpaired) electrons. The van der Waals surface area contributed by atoms with E-state index in [0.717, 1.165) is 27.5 Å². The maximum absolute atomic E-state index is 14.3. The quantitative estimate of drug-likeness (QED) is 0.212. The summed E-state index contributed by atoms with van der Waals surface area (Å²) in [6.07, 6.45) is 1.88. The molecular weight excluding hydrogens is 556 g/mol. The van der Waals surface area contributed by atoms with Crippen molar-refractivity contribution >= 4 is 39.9 Å². The number of rotatable bonds is 7. The summed E-state index contributed by atoms with van der Waals surface area (Å²) in [5, 5.41) is 2.02. The van der Waals surface area contributed by atoms with E-state index in [9.17, 15) is 9.59 Å². The summed E-state index contributed by atoms with van der Waals surface area (Å²) < 4.78 is 13.4. The predicted molar refractivity (Wildman–Crippen MR) is 172 cm³/mol. The van der Waals surface area contributed by atoms with Crippen molar-refractivity contribution in [2.45, 2.75) is 32.7 Å². The highest BCUT2D eigenvalue weighted by atomic mass is 32.1. The molecule has 5 aromatic rings. The molecule has 0 bridgehead atoms. The molecule has 0 amide bonds. The second-order valence-corrected chi connectivity index (χ2v) is 11.7. The minimum Gasteiger partial charge on any atom is -0.496 e. The fraction of sp³-hybridized carbons (Fsp3) is 0.194. The first-order valence-corrected chi connectivity index (χ1v) is 15.2. The predicted octanol–water partition coefficient (Wildman–Crippen LogP) is 6.22. The molecule has 0 saturated heterocycles. The monoisotopic (exact) mass is 588 g/mol. The van der Waals surface area contributed by atoms with Gasteiger partial charge in [0.05, 0.1) is 35.6 Å². The van der Waals surface area contributed by atoms with Crippen LogP contribution in [-0.4, -0.2) is 24.3 Å². The Kier molecular flexibility index (Phi) is 7.82. The Balaban J connectivity index is 1.67.